The predicted molar refractivity (Wildman–Crippen MR) is 69.4 cm³/mol. The van der Waals surface area contributed by atoms with Crippen LogP contribution >= 0.6 is 27.3 Å². The van der Waals surface area contributed by atoms with E-state index in [2.05, 4.69) is 47.2 Å². The number of hydrogen-bond donors (Lipinski definition) is 2. The minimum Gasteiger partial charge on any atom is -0.396 e. The molecule has 0 aliphatic rings. The number of thiophene rings is 1. The Morgan fingerprint density at radius 2 is 2.20 bits per heavy atom. The van der Waals surface area contributed by atoms with Crippen LogP contribution in [0.4, 0.5) is 0 Å². The molecule has 86 valence electrons. The van der Waals surface area contributed by atoms with Crippen LogP contribution in [0.25, 0.3) is 0 Å². The molecule has 2 nitrogen and oxygen atoms in total. The summed E-state index contributed by atoms with van der Waals surface area (Å²) in [5.41, 5.74) is 0. The van der Waals surface area contributed by atoms with E-state index in [1.54, 1.807) is 11.3 Å². The van der Waals surface area contributed by atoms with Gasteiger partial charge in [0.2, 0.25) is 0 Å². The first-order chi connectivity index (χ1) is 7.13. The van der Waals surface area contributed by atoms with Gasteiger partial charge in [-0.05, 0) is 54.8 Å². The van der Waals surface area contributed by atoms with E-state index in [9.17, 15) is 0 Å². The van der Waals surface area contributed by atoms with Gasteiger partial charge in [-0.1, -0.05) is 0 Å². The highest BCUT2D eigenvalue weighted by Gasteiger charge is 2.10. The second-order valence-electron chi connectivity index (χ2n) is 3.80. The van der Waals surface area contributed by atoms with E-state index >= 15 is 0 Å². The number of aliphatic hydroxyl groups is 1. The smallest absolute Gasteiger partial charge is 0.0701 e. The van der Waals surface area contributed by atoms with Crippen LogP contribution in [0.2, 0.25) is 0 Å². The molecule has 0 saturated heterocycles. The summed E-state index contributed by atoms with van der Waals surface area (Å²) < 4.78 is 1.18. The molecule has 2 atom stereocenters. The fourth-order valence-corrected chi connectivity index (χ4v) is 2.99. The van der Waals surface area contributed by atoms with Crippen LogP contribution in [0, 0.1) is 0 Å². The van der Waals surface area contributed by atoms with Gasteiger partial charge in [-0.15, -0.1) is 11.3 Å². The number of nitrogens with one attached hydrogen (secondary N) is 1. The van der Waals surface area contributed by atoms with Gasteiger partial charge in [-0.25, -0.2) is 0 Å². The van der Waals surface area contributed by atoms with Gasteiger partial charge in [-0.2, -0.15) is 0 Å². The summed E-state index contributed by atoms with van der Waals surface area (Å²) in [6.45, 7) is 4.62. The molecule has 0 radical (unpaired) electrons. The molecule has 15 heavy (non-hydrogen) atoms. The average molecular weight is 292 g/mol. The lowest BCUT2D eigenvalue weighted by atomic mass is 10.1. The molecule has 1 aromatic heterocycles. The Morgan fingerprint density at radius 3 is 2.73 bits per heavy atom. The van der Waals surface area contributed by atoms with Gasteiger partial charge in [0.25, 0.3) is 0 Å². The van der Waals surface area contributed by atoms with Crippen LogP contribution in [-0.2, 0) is 0 Å². The fourth-order valence-electron chi connectivity index (χ4n) is 1.55. The van der Waals surface area contributed by atoms with Crippen molar-refractivity contribution in [3.05, 3.63) is 20.8 Å². The maximum Gasteiger partial charge on any atom is 0.0701 e. The summed E-state index contributed by atoms with van der Waals surface area (Å²) in [6.07, 6.45) is 1.89. The molecule has 4 heteroatoms. The first-order valence-corrected chi connectivity index (χ1v) is 6.86. The quantitative estimate of drug-likeness (QED) is 0.843. The Bertz CT molecular complexity index is 290. The first kappa shape index (κ1) is 13.2. The average Bonchev–Trinajstić information content (AvgIpc) is 2.61. The van der Waals surface area contributed by atoms with E-state index in [-0.39, 0.29) is 6.61 Å². The molecule has 0 aliphatic carbocycles. The lowest BCUT2D eigenvalue weighted by molar-refractivity contribution is 0.274. The van der Waals surface area contributed by atoms with E-state index in [1.165, 1.54) is 8.66 Å². The second-order valence-corrected chi connectivity index (χ2v) is 6.29. The van der Waals surface area contributed by atoms with Crippen molar-refractivity contribution in [2.75, 3.05) is 6.61 Å². The SMILES string of the molecule is C[C@H](CCCO)N[C@@H](C)c1ccc(Br)s1. The Balaban J connectivity index is 2.38. The van der Waals surface area contributed by atoms with E-state index in [0.717, 1.165) is 12.8 Å². The van der Waals surface area contributed by atoms with Gasteiger partial charge in [0.1, 0.15) is 0 Å². The predicted octanol–water partition coefficient (Wildman–Crippen LogP) is 3.32. The molecule has 0 fully saturated rings. The summed E-state index contributed by atoms with van der Waals surface area (Å²) in [5.74, 6) is 0. The third kappa shape index (κ3) is 4.64. The molecular formula is C11H18BrNOS. The van der Waals surface area contributed by atoms with Crippen molar-refractivity contribution in [3.8, 4) is 0 Å². The van der Waals surface area contributed by atoms with Crippen molar-refractivity contribution >= 4 is 27.3 Å². The summed E-state index contributed by atoms with van der Waals surface area (Å²) in [5, 5.41) is 12.3. The molecule has 1 rings (SSSR count). The van der Waals surface area contributed by atoms with Crippen molar-refractivity contribution in [1.29, 1.82) is 0 Å². The zero-order chi connectivity index (χ0) is 11.3. The number of rotatable bonds is 6. The standard InChI is InChI=1S/C11H18BrNOS/c1-8(4-3-7-14)13-9(2)10-5-6-11(12)15-10/h5-6,8-9,13-14H,3-4,7H2,1-2H3/t8-,9+/m1/s1. The Morgan fingerprint density at radius 1 is 1.47 bits per heavy atom. The Hall–Kier alpha value is 0.1000. The van der Waals surface area contributed by atoms with Crippen LogP contribution in [0.1, 0.15) is 37.6 Å². The number of aliphatic hydroxyl groups excluding tert-OH is 1. The zero-order valence-corrected chi connectivity index (χ0v) is 11.6. The highest BCUT2D eigenvalue weighted by atomic mass is 79.9. The van der Waals surface area contributed by atoms with E-state index in [1.807, 2.05) is 0 Å². The summed E-state index contributed by atoms with van der Waals surface area (Å²) in [7, 11) is 0. The Labute approximate surface area is 104 Å². The largest absolute Gasteiger partial charge is 0.396 e. The van der Waals surface area contributed by atoms with Crippen molar-refractivity contribution in [2.24, 2.45) is 0 Å². The molecule has 1 aromatic rings. The molecular weight excluding hydrogens is 274 g/mol. The highest BCUT2D eigenvalue weighted by molar-refractivity contribution is 9.11. The van der Waals surface area contributed by atoms with Crippen molar-refractivity contribution in [3.63, 3.8) is 0 Å². The number of hydrogen-bond acceptors (Lipinski definition) is 3. The topological polar surface area (TPSA) is 32.3 Å². The lowest BCUT2D eigenvalue weighted by Crippen LogP contribution is -2.28. The third-order valence-electron chi connectivity index (χ3n) is 2.35. The molecule has 0 spiro atoms. The van der Waals surface area contributed by atoms with Crippen LogP contribution in [-0.4, -0.2) is 17.8 Å². The maximum absolute atomic E-state index is 8.74. The van der Waals surface area contributed by atoms with Crippen LogP contribution < -0.4 is 5.32 Å². The highest BCUT2D eigenvalue weighted by Crippen LogP contribution is 2.27. The van der Waals surface area contributed by atoms with Gasteiger partial charge in [0.15, 0.2) is 0 Å². The molecule has 0 saturated carbocycles. The summed E-state index contributed by atoms with van der Waals surface area (Å²) in [4.78, 5) is 1.35. The first-order valence-electron chi connectivity index (χ1n) is 5.25. The third-order valence-corrected chi connectivity index (χ3v) is 4.16. The van der Waals surface area contributed by atoms with Crippen LogP contribution in [0.3, 0.4) is 0 Å². The molecule has 0 bridgehead atoms. The van der Waals surface area contributed by atoms with E-state index < -0.39 is 0 Å². The molecule has 0 amide bonds. The van der Waals surface area contributed by atoms with E-state index in [0.29, 0.717) is 12.1 Å². The van der Waals surface area contributed by atoms with Gasteiger partial charge in [0, 0.05) is 23.6 Å². The maximum atomic E-state index is 8.74. The molecule has 2 N–H and O–H groups in total. The molecule has 0 aliphatic heterocycles. The second kappa shape index (κ2) is 6.63. The minimum absolute atomic E-state index is 0.283. The Kier molecular flexibility index (Phi) is 5.82. The van der Waals surface area contributed by atoms with Crippen molar-refractivity contribution < 1.29 is 5.11 Å². The van der Waals surface area contributed by atoms with Crippen LogP contribution in [0.5, 0.6) is 0 Å². The molecule has 1 heterocycles. The van der Waals surface area contributed by atoms with Crippen molar-refractivity contribution in [2.45, 2.75) is 38.8 Å². The zero-order valence-electron chi connectivity index (χ0n) is 9.16. The normalized spacial score (nSPS) is 15.2. The molecule has 0 unspecified atom stereocenters. The lowest BCUT2D eigenvalue weighted by Gasteiger charge is -2.18. The van der Waals surface area contributed by atoms with Gasteiger partial charge >= 0.3 is 0 Å². The van der Waals surface area contributed by atoms with Gasteiger partial charge in [-0.3, -0.25) is 0 Å². The monoisotopic (exact) mass is 291 g/mol. The number of halogens is 1. The minimum atomic E-state index is 0.283. The van der Waals surface area contributed by atoms with Gasteiger partial charge < -0.3 is 10.4 Å². The fraction of sp³-hybridized carbons (Fsp3) is 0.636. The van der Waals surface area contributed by atoms with E-state index in [4.69, 9.17) is 5.11 Å². The summed E-state index contributed by atoms with van der Waals surface area (Å²) in [6, 6.07) is 5.06. The summed E-state index contributed by atoms with van der Waals surface area (Å²) >= 11 is 5.23. The van der Waals surface area contributed by atoms with Crippen LogP contribution in [0.15, 0.2) is 15.9 Å². The van der Waals surface area contributed by atoms with Crippen molar-refractivity contribution in [1.82, 2.24) is 5.32 Å². The molecule has 0 aromatic carbocycles. The van der Waals surface area contributed by atoms with Gasteiger partial charge in [0.05, 0.1) is 3.79 Å².